The van der Waals surface area contributed by atoms with Crippen LogP contribution < -0.4 is 0 Å². The fourth-order valence-electron chi connectivity index (χ4n) is 1.37. The summed E-state index contributed by atoms with van der Waals surface area (Å²) in [6.07, 6.45) is 1.81. The van der Waals surface area contributed by atoms with E-state index in [4.69, 9.17) is 16.7 Å². The molecule has 0 saturated heterocycles. The predicted octanol–water partition coefficient (Wildman–Crippen LogP) is 2.98. The summed E-state index contributed by atoms with van der Waals surface area (Å²) in [5.74, 6) is -1.33. The monoisotopic (exact) mass is 258 g/mol. The van der Waals surface area contributed by atoms with Crippen LogP contribution in [0.5, 0.6) is 0 Å². The third-order valence-electron chi connectivity index (χ3n) is 2.13. The third-order valence-corrected chi connectivity index (χ3v) is 3.45. The first-order valence-corrected chi connectivity index (χ1v) is 6.19. The van der Waals surface area contributed by atoms with Crippen LogP contribution in [0.25, 0.3) is 0 Å². The number of alkyl halides is 1. The van der Waals surface area contributed by atoms with Crippen LogP contribution in [-0.4, -0.2) is 23.1 Å². The molecule has 1 aromatic carbocycles. The minimum absolute atomic E-state index is 0.0852. The van der Waals surface area contributed by atoms with Gasteiger partial charge in [-0.3, -0.25) is 4.79 Å². The van der Waals surface area contributed by atoms with E-state index in [1.54, 1.807) is 12.1 Å². The molecule has 0 fully saturated rings. The number of carbonyl (C=O) groups excluding carboxylic acids is 1. The lowest BCUT2D eigenvalue weighted by Gasteiger charge is -2.13. The quantitative estimate of drug-likeness (QED) is 0.666. The van der Waals surface area contributed by atoms with Gasteiger partial charge in [0.05, 0.1) is 5.56 Å². The standard InChI is InChI=1S/C11H11ClO3S/c1-6(13)10(12)9-7(11(14)15)4-3-5-8(9)16-2/h3-5,10H,1-2H3,(H,14,15). The van der Waals surface area contributed by atoms with Gasteiger partial charge in [-0.15, -0.1) is 23.4 Å². The van der Waals surface area contributed by atoms with Gasteiger partial charge in [0.15, 0.2) is 5.78 Å². The predicted molar refractivity (Wildman–Crippen MR) is 64.5 cm³/mol. The van der Waals surface area contributed by atoms with Gasteiger partial charge >= 0.3 is 5.97 Å². The van der Waals surface area contributed by atoms with Crippen molar-refractivity contribution in [2.45, 2.75) is 17.2 Å². The van der Waals surface area contributed by atoms with Gasteiger partial charge < -0.3 is 5.11 Å². The lowest BCUT2D eigenvalue weighted by atomic mass is 10.0. The van der Waals surface area contributed by atoms with E-state index in [1.807, 2.05) is 6.26 Å². The van der Waals surface area contributed by atoms with Crippen molar-refractivity contribution in [3.05, 3.63) is 29.3 Å². The lowest BCUT2D eigenvalue weighted by Crippen LogP contribution is -2.10. The Kier molecular flexibility index (Phi) is 4.38. The Labute approximate surface area is 103 Å². The molecule has 1 unspecified atom stereocenters. The Morgan fingerprint density at radius 2 is 2.06 bits per heavy atom. The summed E-state index contributed by atoms with van der Waals surface area (Å²) in [5.41, 5.74) is 0.471. The fraction of sp³-hybridized carbons (Fsp3) is 0.273. The topological polar surface area (TPSA) is 54.4 Å². The van der Waals surface area contributed by atoms with Gasteiger partial charge in [0, 0.05) is 10.5 Å². The Morgan fingerprint density at radius 1 is 1.44 bits per heavy atom. The van der Waals surface area contributed by atoms with E-state index in [9.17, 15) is 9.59 Å². The first kappa shape index (κ1) is 13.1. The first-order valence-electron chi connectivity index (χ1n) is 4.53. The van der Waals surface area contributed by atoms with Crippen LogP contribution in [-0.2, 0) is 4.79 Å². The molecule has 1 atom stereocenters. The highest BCUT2D eigenvalue weighted by molar-refractivity contribution is 7.98. The van der Waals surface area contributed by atoms with E-state index in [2.05, 4.69) is 0 Å². The van der Waals surface area contributed by atoms with E-state index in [0.717, 1.165) is 4.90 Å². The molecular formula is C11H11ClO3S. The van der Waals surface area contributed by atoms with Crippen LogP contribution >= 0.6 is 23.4 Å². The summed E-state index contributed by atoms with van der Waals surface area (Å²) >= 11 is 7.32. The summed E-state index contributed by atoms with van der Waals surface area (Å²) in [4.78, 5) is 23.0. The minimum atomic E-state index is -1.07. The Hall–Kier alpha value is -1.00. The van der Waals surface area contributed by atoms with Crippen LogP contribution in [0.3, 0.4) is 0 Å². The van der Waals surface area contributed by atoms with Gasteiger partial charge in [0.1, 0.15) is 5.38 Å². The van der Waals surface area contributed by atoms with Gasteiger partial charge in [0.25, 0.3) is 0 Å². The van der Waals surface area contributed by atoms with Gasteiger partial charge in [-0.25, -0.2) is 4.79 Å². The van der Waals surface area contributed by atoms with Crippen molar-refractivity contribution in [2.24, 2.45) is 0 Å². The summed E-state index contributed by atoms with van der Waals surface area (Å²) in [5, 5.41) is 8.13. The van der Waals surface area contributed by atoms with Crippen molar-refractivity contribution < 1.29 is 14.7 Å². The second-order valence-electron chi connectivity index (χ2n) is 3.20. The number of carboxylic acids is 1. The SMILES string of the molecule is CSc1cccc(C(=O)O)c1C(Cl)C(C)=O. The molecule has 0 radical (unpaired) electrons. The molecule has 3 nitrogen and oxygen atoms in total. The zero-order chi connectivity index (χ0) is 12.3. The van der Waals surface area contributed by atoms with Crippen LogP contribution in [0, 0.1) is 0 Å². The van der Waals surface area contributed by atoms with Crippen molar-refractivity contribution in [1.82, 2.24) is 0 Å². The molecule has 1 rings (SSSR count). The van der Waals surface area contributed by atoms with Gasteiger partial charge in [0.2, 0.25) is 0 Å². The fourth-order valence-corrected chi connectivity index (χ4v) is 2.34. The van der Waals surface area contributed by atoms with Gasteiger partial charge in [-0.1, -0.05) is 6.07 Å². The maximum atomic E-state index is 11.3. The Bertz CT molecular complexity index is 431. The number of Topliss-reactive ketones (excluding diaryl/α,β-unsaturated/α-hetero) is 1. The molecule has 0 spiro atoms. The molecule has 0 aliphatic carbocycles. The second-order valence-corrected chi connectivity index (χ2v) is 4.48. The lowest BCUT2D eigenvalue weighted by molar-refractivity contribution is -0.116. The van der Waals surface area contributed by atoms with Crippen molar-refractivity contribution >= 4 is 35.1 Å². The highest BCUT2D eigenvalue weighted by atomic mass is 35.5. The first-order chi connectivity index (χ1) is 7.49. The number of hydrogen-bond donors (Lipinski definition) is 1. The number of rotatable bonds is 4. The average molecular weight is 259 g/mol. The number of aromatic carboxylic acids is 1. The average Bonchev–Trinajstić information content (AvgIpc) is 2.26. The van der Waals surface area contributed by atoms with E-state index in [0.29, 0.717) is 5.56 Å². The largest absolute Gasteiger partial charge is 0.478 e. The molecule has 0 aliphatic heterocycles. The molecule has 1 aromatic rings. The maximum absolute atomic E-state index is 11.3. The van der Waals surface area contributed by atoms with E-state index in [-0.39, 0.29) is 11.3 Å². The van der Waals surface area contributed by atoms with Crippen molar-refractivity contribution in [3.63, 3.8) is 0 Å². The Morgan fingerprint density at radius 3 is 2.50 bits per heavy atom. The third kappa shape index (κ3) is 2.57. The smallest absolute Gasteiger partial charge is 0.336 e. The molecular weight excluding hydrogens is 248 g/mol. The summed E-state index contributed by atoms with van der Waals surface area (Å²) in [7, 11) is 0. The van der Waals surface area contributed by atoms with Crippen molar-refractivity contribution in [1.29, 1.82) is 0 Å². The number of halogens is 1. The number of carbonyl (C=O) groups is 2. The van der Waals surface area contributed by atoms with Gasteiger partial charge in [-0.05, 0) is 25.3 Å². The Balaban J connectivity index is 3.41. The summed E-state index contributed by atoms with van der Waals surface area (Å²) in [6.45, 7) is 1.35. The van der Waals surface area contributed by atoms with Crippen molar-refractivity contribution in [3.8, 4) is 0 Å². The number of carboxylic acid groups (broad SMARTS) is 1. The molecule has 0 heterocycles. The zero-order valence-corrected chi connectivity index (χ0v) is 10.4. The normalized spacial score (nSPS) is 12.2. The van der Waals surface area contributed by atoms with Crippen LogP contribution in [0.15, 0.2) is 23.1 Å². The van der Waals surface area contributed by atoms with E-state index < -0.39 is 11.3 Å². The molecule has 1 N–H and O–H groups in total. The minimum Gasteiger partial charge on any atom is -0.478 e. The summed E-state index contributed by atoms with van der Waals surface area (Å²) < 4.78 is 0. The number of ketones is 1. The van der Waals surface area contributed by atoms with E-state index >= 15 is 0 Å². The molecule has 0 aliphatic rings. The molecule has 16 heavy (non-hydrogen) atoms. The summed E-state index contributed by atoms with van der Waals surface area (Å²) in [6, 6.07) is 4.85. The van der Waals surface area contributed by atoms with Gasteiger partial charge in [-0.2, -0.15) is 0 Å². The molecule has 5 heteroatoms. The molecule has 0 bridgehead atoms. The van der Waals surface area contributed by atoms with Crippen LogP contribution in [0.2, 0.25) is 0 Å². The maximum Gasteiger partial charge on any atom is 0.336 e. The molecule has 0 amide bonds. The van der Waals surface area contributed by atoms with Crippen molar-refractivity contribution in [2.75, 3.05) is 6.26 Å². The number of hydrogen-bond acceptors (Lipinski definition) is 3. The molecule has 0 saturated carbocycles. The highest BCUT2D eigenvalue weighted by Crippen LogP contribution is 2.33. The second kappa shape index (κ2) is 5.37. The number of thioether (sulfide) groups is 1. The van der Waals surface area contributed by atoms with Crippen LogP contribution in [0.1, 0.15) is 28.2 Å². The van der Waals surface area contributed by atoms with E-state index in [1.165, 1.54) is 24.8 Å². The zero-order valence-electron chi connectivity index (χ0n) is 8.86. The number of benzene rings is 1. The molecule has 86 valence electrons. The molecule has 0 aromatic heterocycles. The van der Waals surface area contributed by atoms with Crippen LogP contribution in [0.4, 0.5) is 0 Å². The highest BCUT2D eigenvalue weighted by Gasteiger charge is 2.23.